The summed E-state index contributed by atoms with van der Waals surface area (Å²) in [5, 5.41) is 1.93. The molecule has 0 saturated carbocycles. The molecule has 1 N–H and O–H groups in total. The Morgan fingerprint density at radius 3 is 2.88 bits per heavy atom. The van der Waals surface area contributed by atoms with Crippen molar-refractivity contribution < 1.29 is 9.59 Å². The average molecular weight is 447 g/mol. The molecule has 6 nitrogen and oxygen atoms in total. The number of piperidine rings is 1. The normalized spacial score (nSPS) is 19.6. The van der Waals surface area contributed by atoms with Gasteiger partial charge in [-0.15, -0.1) is 0 Å². The van der Waals surface area contributed by atoms with Crippen molar-refractivity contribution in [2.24, 2.45) is 5.92 Å². The number of carbonyl (C=O) groups is 2. The fourth-order valence-corrected chi connectivity index (χ4v) is 5.29. The van der Waals surface area contributed by atoms with E-state index in [0.717, 1.165) is 56.5 Å². The lowest BCUT2D eigenvalue weighted by atomic mass is 9.90. The van der Waals surface area contributed by atoms with Crippen LogP contribution in [0.1, 0.15) is 48.1 Å². The summed E-state index contributed by atoms with van der Waals surface area (Å²) in [6.45, 7) is 1.89. The molecule has 2 aliphatic heterocycles. The zero-order valence-corrected chi connectivity index (χ0v) is 18.7. The van der Waals surface area contributed by atoms with Gasteiger partial charge in [-0.1, -0.05) is 30.4 Å². The molecular formula is C25H26N4O2S. The fourth-order valence-electron chi connectivity index (χ4n) is 4.62. The molecule has 5 rings (SSSR count). The molecule has 3 heterocycles. The summed E-state index contributed by atoms with van der Waals surface area (Å²) in [5.41, 5.74) is 4.94. The summed E-state index contributed by atoms with van der Waals surface area (Å²) >= 11 is 0.906. The first-order chi connectivity index (χ1) is 15.6. The maximum absolute atomic E-state index is 11.8. The van der Waals surface area contributed by atoms with Gasteiger partial charge in [-0.25, -0.2) is 9.97 Å². The zero-order chi connectivity index (χ0) is 21.9. The standard InChI is InChI=1S/C25H26N4O2S/c30-23-22(32-25(31)28-23)16-21-9-12-26-24(27-21)29-13-10-17(11-14-29)3-1-4-18-7-8-19-5-2-6-20(19)15-18/h2,6-9,12,15-17H,1,3-5,10-11,13-14H2,(H,28,30,31)/b22-16-. The number of benzene rings is 1. The summed E-state index contributed by atoms with van der Waals surface area (Å²) in [7, 11) is 0. The van der Waals surface area contributed by atoms with Gasteiger partial charge in [0.15, 0.2) is 0 Å². The molecule has 2 saturated heterocycles. The second kappa shape index (κ2) is 9.28. The number of amides is 2. The predicted octanol–water partition coefficient (Wildman–Crippen LogP) is 4.61. The third-order valence-corrected chi connectivity index (χ3v) is 7.22. The number of hydrogen-bond acceptors (Lipinski definition) is 6. The second-order valence-electron chi connectivity index (χ2n) is 8.60. The van der Waals surface area contributed by atoms with Gasteiger partial charge >= 0.3 is 0 Å². The Kier molecular flexibility index (Phi) is 6.08. The smallest absolute Gasteiger partial charge is 0.290 e. The van der Waals surface area contributed by atoms with Crippen molar-refractivity contribution in [3.63, 3.8) is 0 Å². The topological polar surface area (TPSA) is 75.2 Å². The Morgan fingerprint density at radius 1 is 1.19 bits per heavy atom. The van der Waals surface area contributed by atoms with E-state index in [2.05, 4.69) is 50.5 Å². The van der Waals surface area contributed by atoms with E-state index in [0.29, 0.717) is 16.5 Å². The van der Waals surface area contributed by atoms with Gasteiger partial charge in [-0.3, -0.25) is 14.9 Å². The molecule has 1 aromatic heterocycles. The number of hydrogen-bond donors (Lipinski definition) is 1. The number of nitrogens with one attached hydrogen (secondary N) is 1. The molecule has 0 spiro atoms. The highest BCUT2D eigenvalue weighted by atomic mass is 32.2. The van der Waals surface area contributed by atoms with Gasteiger partial charge in [0.2, 0.25) is 5.95 Å². The molecular weight excluding hydrogens is 420 g/mol. The van der Waals surface area contributed by atoms with Gasteiger partial charge < -0.3 is 4.90 Å². The Balaban J connectivity index is 1.12. The monoisotopic (exact) mass is 446 g/mol. The van der Waals surface area contributed by atoms with Crippen LogP contribution in [-0.4, -0.2) is 34.2 Å². The summed E-state index contributed by atoms with van der Waals surface area (Å²) < 4.78 is 0. The molecule has 3 aliphatic rings. The second-order valence-corrected chi connectivity index (χ2v) is 9.61. The van der Waals surface area contributed by atoms with Gasteiger partial charge in [-0.2, -0.15) is 0 Å². The molecule has 0 bridgehead atoms. The lowest BCUT2D eigenvalue weighted by Gasteiger charge is -2.32. The van der Waals surface area contributed by atoms with E-state index in [1.54, 1.807) is 18.3 Å². The van der Waals surface area contributed by atoms with Crippen molar-refractivity contribution in [1.82, 2.24) is 15.3 Å². The summed E-state index contributed by atoms with van der Waals surface area (Å²) in [4.78, 5) is 34.7. The third kappa shape index (κ3) is 4.78. The summed E-state index contributed by atoms with van der Waals surface area (Å²) in [5.74, 6) is 1.08. The van der Waals surface area contributed by atoms with Crippen LogP contribution in [-0.2, 0) is 17.6 Å². The number of carbonyl (C=O) groups excluding carboxylic acids is 2. The lowest BCUT2D eigenvalue weighted by molar-refractivity contribution is -0.115. The first-order valence-corrected chi connectivity index (χ1v) is 12.1. The van der Waals surface area contributed by atoms with E-state index in [-0.39, 0.29) is 11.1 Å². The lowest BCUT2D eigenvalue weighted by Crippen LogP contribution is -2.35. The van der Waals surface area contributed by atoms with Crippen LogP contribution in [0.4, 0.5) is 10.7 Å². The van der Waals surface area contributed by atoms with E-state index in [4.69, 9.17) is 0 Å². The van der Waals surface area contributed by atoms with Crippen molar-refractivity contribution in [2.75, 3.05) is 18.0 Å². The van der Waals surface area contributed by atoms with E-state index < -0.39 is 0 Å². The van der Waals surface area contributed by atoms with Crippen LogP contribution in [0.3, 0.4) is 0 Å². The quantitative estimate of drug-likeness (QED) is 0.653. The maximum atomic E-state index is 11.8. The Morgan fingerprint density at radius 2 is 2.06 bits per heavy atom. The van der Waals surface area contributed by atoms with Crippen molar-refractivity contribution in [1.29, 1.82) is 0 Å². The van der Waals surface area contributed by atoms with Gasteiger partial charge in [0.05, 0.1) is 10.6 Å². The number of fused-ring (bicyclic) bond motifs is 1. The van der Waals surface area contributed by atoms with Gasteiger partial charge in [0.25, 0.3) is 11.1 Å². The number of allylic oxidation sites excluding steroid dienone is 1. The molecule has 0 radical (unpaired) electrons. The first kappa shape index (κ1) is 20.9. The number of aryl methyl sites for hydroxylation is 1. The van der Waals surface area contributed by atoms with Crippen LogP contribution in [0.2, 0.25) is 0 Å². The van der Waals surface area contributed by atoms with Crippen molar-refractivity contribution in [2.45, 2.75) is 38.5 Å². The van der Waals surface area contributed by atoms with Crippen LogP contribution < -0.4 is 10.2 Å². The van der Waals surface area contributed by atoms with E-state index in [1.165, 1.54) is 29.5 Å². The SMILES string of the molecule is O=C1NC(=O)/C(=C/c2ccnc(N3CCC(CCCc4ccc5c(c4)C=CC5)CC3)n2)S1. The molecule has 32 heavy (non-hydrogen) atoms. The molecule has 2 aromatic rings. The fraction of sp³-hybridized carbons (Fsp3) is 0.360. The molecule has 164 valence electrons. The number of anilines is 1. The van der Waals surface area contributed by atoms with Gasteiger partial charge in [-0.05, 0) is 85.0 Å². The Labute approximate surface area is 192 Å². The van der Waals surface area contributed by atoms with Crippen molar-refractivity contribution in [3.8, 4) is 0 Å². The van der Waals surface area contributed by atoms with Crippen LogP contribution in [0.5, 0.6) is 0 Å². The Hall–Kier alpha value is -2.93. The first-order valence-electron chi connectivity index (χ1n) is 11.3. The molecule has 0 unspecified atom stereocenters. The molecule has 0 atom stereocenters. The van der Waals surface area contributed by atoms with Gasteiger partial charge in [0.1, 0.15) is 0 Å². The van der Waals surface area contributed by atoms with E-state index in [1.807, 2.05) is 0 Å². The number of aromatic nitrogens is 2. The van der Waals surface area contributed by atoms with E-state index >= 15 is 0 Å². The Bertz CT molecular complexity index is 1100. The minimum atomic E-state index is -0.364. The number of thioether (sulfide) groups is 1. The van der Waals surface area contributed by atoms with Gasteiger partial charge in [0, 0.05) is 19.3 Å². The maximum Gasteiger partial charge on any atom is 0.290 e. The number of imide groups is 1. The minimum Gasteiger partial charge on any atom is -0.341 e. The molecule has 1 aromatic carbocycles. The van der Waals surface area contributed by atoms with Crippen LogP contribution in [0.15, 0.2) is 41.4 Å². The molecule has 7 heteroatoms. The highest BCUT2D eigenvalue weighted by Gasteiger charge is 2.25. The zero-order valence-electron chi connectivity index (χ0n) is 17.9. The van der Waals surface area contributed by atoms with Crippen LogP contribution >= 0.6 is 11.8 Å². The summed E-state index contributed by atoms with van der Waals surface area (Å²) in [6, 6.07) is 8.68. The largest absolute Gasteiger partial charge is 0.341 e. The van der Waals surface area contributed by atoms with Crippen LogP contribution in [0, 0.1) is 5.92 Å². The number of rotatable bonds is 6. The highest BCUT2D eigenvalue weighted by Crippen LogP contribution is 2.28. The molecule has 2 fully saturated rings. The van der Waals surface area contributed by atoms with Crippen LogP contribution in [0.25, 0.3) is 12.2 Å². The molecule has 2 amide bonds. The van der Waals surface area contributed by atoms with E-state index in [9.17, 15) is 9.59 Å². The number of nitrogens with zero attached hydrogens (tertiary/aromatic N) is 3. The average Bonchev–Trinajstić information content (AvgIpc) is 3.39. The minimum absolute atomic E-state index is 0.342. The molecule has 1 aliphatic carbocycles. The third-order valence-electron chi connectivity index (χ3n) is 6.41. The van der Waals surface area contributed by atoms with Crippen molar-refractivity contribution >= 4 is 41.0 Å². The highest BCUT2D eigenvalue weighted by molar-refractivity contribution is 8.18. The summed E-state index contributed by atoms with van der Waals surface area (Å²) in [6.07, 6.45) is 14.8. The van der Waals surface area contributed by atoms with Crippen molar-refractivity contribution in [3.05, 3.63) is 63.8 Å². The predicted molar refractivity (Wildman–Crippen MR) is 128 cm³/mol.